The number of hydrogen-bond acceptors (Lipinski definition) is 0. The number of fused-ring (bicyclic) bond motifs is 2. The van der Waals surface area contributed by atoms with E-state index in [1.165, 1.54) is 117 Å². The lowest BCUT2D eigenvalue weighted by atomic mass is 9.83. The molecule has 33 heavy (non-hydrogen) atoms. The normalized spacial score (nSPS) is 11.7. The van der Waals surface area contributed by atoms with Gasteiger partial charge in [0.05, 0.1) is 0 Å². The largest absolute Gasteiger partial charge is 0.0654 e. The van der Waals surface area contributed by atoms with Crippen LogP contribution in [0.1, 0.15) is 119 Å². The Labute approximate surface area is 204 Å². The van der Waals surface area contributed by atoms with Crippen molar-refractivity contribution in [1.82, 2.24) is 0 Å². The third-order valence-electron chi connectivity index (χ3n) is 7.92. The summed E-state index contributed by atoms with van der Waals surface area (Å²) in [6, 6.07) is 11.8. The highest BCUT2D eigenvalue weighted by Gasteiger charge is 2.17. The highest BCUT2D eigenvalue weighted by atomic mass is 14.2. The fourth-order valence-electron chi connectivity index (χ4n) is 5.69. The van der Waals surface area contributed by atoms with E-state index in [1.54, 1.807) is 21.9 Å². The van der Waals surface area contributed by atoms with Gasteiger partial charge in [-0.05, 0) is 95.8 Å². The first-order valence-electron chi connectivity index (χ1n) is 14.0. The highest BCUT2D eigenvalue weighted by molar-refractivity contribution is 6.07. The first-order valence-corrected chi connectivity index (χ1v) is 14.0. The van der Waals surface area contributed by atoms with Gasteiger partial charge in [-0.25, -0.2) is 0 Å². The summed E-state index contributed by atoms with van der Waals surface area (Å²) < 4.78 is 0. The van der Waals surface area contributed by atoms with Crippen molar-refractivity contribution < 1.29 is 0 Å². The zero-order chi connectivity index (χ0) is 23.6. The van der Waals surface area contributed by atoms with Crippen LogP contribution in [-0.2, 0) is 12.8 Å². The molecule has 0 spiro atoms. The van der Waals surface area contributed by atoms with Gasteiger partial charge < -0.3 is 0 Å². The molecule has 3 aromatic carbocycles. The minimum Gasteiger partial charge on any atom is -0.0654 e. The molecule has 0 aliphatic rings. The molecule has 0 bridgehead atoms. The average molecular weight is 445 g/mol. The van der Waals surface area contributed by atoms with Crippen LogP contribution in [0.15, 0.2) is 30.3 Å². The Hall–Kier alpha value is -1.82. The lowest BCUT2D eigenvalue weighted by Crippen LogP contribution is -2.01. The second-order valence-corrected chi connectivity index (χ2v) is 10.4. The first kappa shape index (κ1) is 25.8. The maximum atomic E-state index is 2.52. The fraction of sp³-hybridized carbons (Fsp3) is 0.576. The van der Waals surface area contributed by atoms with Gasteiger partial charge in [0, 0.05) is 0 Å². The van der Waals surface area contributed by atoms with Crippen molar-refractivity contribution in [2.75, 3.05) is 0 Å². The lowest BCUT2D eigenvalue weighted by Gasteiger charge is -2.21. The van der Waals surface area contributed by atoms with Crippen LogP contribution in [0.4, 0.5) is 0 Å². The summed E-state index contributed by atoms with van der Waals surface area (Å²) in [5.74, 6) is 0. The van der Waals surface area contributed by atoms with Crippen molar-refractivity contribution in [3.8, 4) is 0 Å². The molecular formula is C33H48. The average Bonchev–Trinajstić information content (AvgIpc) is 2.82. The number of hydrogen-bond donors (Lipinski definition) is 0. The molecule has 0 unspecified atom stereocenters. The Morgan fingerprint density at radius 2 is 1.00 bits per heavy atom. The van der Waals surface area contributed by atoms with Crippen LogP contribution in [0, 0.1) is 20.8 Å². The van der Waals surface area contributed by atoms with Gasteiger partial charge in [0.2, 0.25) is 0 Å². The summed E-state index contributed by atoms with van der Waals surface area (Å²) in [6.07, 6.45) is 18.8. The van der Waals surface area contributed by atoms with Crippen molar-refractivity contribution >= 4 is 21.5 Å². The maximum Gasteiger partial charge on any atom is -0.0111 e. The third-order valence-corrected chi connectivity index (χ3v) is 7.92. The maximum absolute atomic E-state index is 2.52. The van der Waals surface area contributed by atoms with E-state index in [9.17, 15) is 0 Å². The summed E-state index contributed by atoms with van der Waals surface area (Å²) in [6.45, 7) is 11.6. The monoisotopic (exact) mass is 444 g/mol. The predicted molar refractivity (Wildman–Crippen MR) is 150 cm³/mol. The Bertz CT molecular complexity index is 1020. The third kappa shape index (κ3) is 6.40. The minimum atomic E-state index is 1.21. The summed E-state index contributed by atoms with van der Waals surface area (Å²) in [7, 11) is 0. The van der Waals surface area contributed by atoms with Gasteiger partial charge in [-0.3, -0.25) is 0 Å². The summed E-state index contributed by atoms with van der Waals surface area (Å²) in [4.78, 5) is 0. The van der Waals surface area contributed by atoms with Crippen LogP contribution < -0.4 is 0 Å². The van der Waals surface area contributed by atoms with E-state index in [1.807, 2.05) is 0 Å². The predicted octanol–water partition coefficient (Wildman–Crippen LogP) is 10.7. The molecule has 0 amide bonds. The molecule has 0 aliphatic carbocycles. The van der Waals surface area contributed by atoms with Gasteiger partial charge in [-0.15, -0.1) is 0 Å². The van der Waals surface area contributed by atoms with Gasteiger partial charge in [-0.1, -0.05) is 108 Å². The number of rotatable bonds is 14. The fourth-order valence-corrected chi connectivity index (χ4v) is 5.69. The standard InChI is InChI=1S/C33H48/c1-6-8-10-12-14-16-20-30-28-21-18-19-22-29(28)31(23-17-15-13-11-9-7-2)33-27(5)26(4)25(3)24-32(30)33/h18-19,21-22,24H,6-17,20,23H2,1-5H3. The second-order valence-electron chi connectivity index (χ2n) is 10.4. The Balaban J connectivity index is 1.98. The summed E-state index contributed by atoms with van der Waals surface area (Å²) in [5.41, 5.74) is 7.66. The number of benzene rings is 3. The molecule has 0 aliphatic heterocycles. The smallest absolute Gasteiger partial charge is 0.0111 e. The van der Waals surface area contributed by atoms with Gasteiger partial charge in [0.1, 0.15) is 0 Å². The molecule has 0 atom stereocenters. The Morgan fingerprint density at radius 1 is 0.515 bits per heavy atom. The molecule has 0 heterocycles. The molecule has 0 saturated heterocycles. The van der Waals surface area contributed by atoms with E-state index in [0.717, 1.165) is 0 Å². The SMILES string of the molecule is CCCCCCCCc1c2ccccc2c(CCCCCCCC)c2c(C)c(C)c(C)cc12. The molecule has 0 N–H and O–H groups in total. The summed E-state index contributed by atoms with van der Waals surface area (Å²) in [5, 5.41) is 6.16. The van der Waals surface area contributed by atoms with Gasteiger partial charge in [-0.2, -0.15) is 0 Å². The van der Waals surface area contributed by atoms with E-state index in [2.05, 4.69) is 65.0 Å². The van der Waals surface area contributed by atoms with Gasteiger partial charge in [0.15, 0.2) is 0 Å². The van der Waals surface area contributed by atoms with Crippen molar-refractivity contribution in [3.05, 3.63) is 58.1 Å². The van der Waals surface area contributed by atoms with Crippen molar-refractivity contribution in [2.24, 2.45) is 0 Å². The van der Waals surface area contributed by atoms with Crippen LogP contribution in [0.2, 0.25) is 0 Å². The molecule has 180 valence electrons. The molecule has 0 heteroatoms. The van der Waals surface area contributed by atoms with Crippen LogP contribution >= 0.6 is 0 Å². The van der Waals surface area contributed by atoms with Crippen molar-refractivity contribution in [2.45, 2.75) is 125 Å². The zero-order valence-electron chi connectivity index (χ0n) is 22.3. The van der Waals surface area contributed by atoms with E-state index in [-0.39, 0.29) is 0 Å². The van der Waals surface area contributed by atoms with Crippen LogP contribution in [0.25, 0.3) is 21.5 Å². The molecule has 0 saturated carbocycles. The molecule has 0 fully saturated rings. The Kier molecular flexibility index (Phi) is 10.3. The molecule has 0 aromatic heterocycles. The van der Waals surface area contributed by atoms with Crippen LogP contribution in [-0.4, -0.2) is 0 Å². The first-order chi connectivity index (χ1) is 16.1. The van der Waals surface area contributed by atoms with E-state index in [0.29, 0.717) is 0 Å². The quantitative estimate of drug-likeness (QED) is 0.171. The molecule has 0 nitrogen and oxygen atoms in total. The molecule has 0 radical (unpaired) electrons. The Morgan fingerprint density at radius 3 is 1.58 bits per heavy atom. The second kappa shape index (κ2) is 13.2. The van der Waals surface area contributed by atoms with Crippen molar-refractivity contribution in [1.29, 1.82) is 0 Å². The topological polar surface area (TPSA) is 0 Å². The van der Waals surface area contributed by atoms with E-state index < -0.39 is 0 Å². The van der Waals surface area contributed by atoms with Crippen LogP contribution in [0.5, 0.6) is 0 Å². The summed E-state index contributed by atoms with van der Waals surface area (Å²) >= 11 is 0. The molecular weight excluding hydrogens is 396 g/mol. The van der Waals surface area contributed by atoms with Crippen LogP contribution in [0.3, 0.4) is 0 Å². The molecule has 3 aromatic rings. The number of aryl methyl sites for hydroxylation is 4. The van der Waals surface area contributed by atoms with E-state index >= 15 is 0 Å². The lowest BCUT2D eigenvalue weighted by molar-refractivity contribution is 0.608. The highest BCUT2D eigenvalue weighted by Crippen LogP contribution is 2.38. The van der Waals surface area contributed by atoms with Crippen molar-refractivity contribution in [3.63, 3.8) is 0 Å². The van der Waals surface area contributed by atoms with E-state index in [4.69, 9.17) is 0 Å². The minimum absolute atomic E-state index is 1.21. The molecule has 3 rings (SSSR count). The van der Waals surface area contributed by atoms with Gasteiger partial charge >= 0.3 is 0 Å². The van der Waals surface area contributed by atoms with Gasteiger partial charge in [0.25, 0.3) is 0 Å². The number of unbranched alkanes of at least 4 members (excludes halogenated alkanes) is 10. The zero-order valence-corrected chi connectivity index (χ0v) is 22.3.